The molecule has 21 heavy (non-hydrogen) atoms. The monoisotopic (exact) mass is 292 g/mol. The van der Waals surface area contributed by atoms with E-state index in [0.29, 0.717) is 12.0 Å². The molecule has 0 radical (unpaired) electrons. The lowest BCUT2D eigenvalue weighted by molar-refractivity contribution is -0.140. The first kappa shape index (κ1) is 15.3. The summed E-state index contributed by atoms with van der Waals surface area (Å²) in [7, 11) is 0. The topological polar surface area (TPSA) is 66.5 Å². The van der Waals surface area contributed by atoms with Crippen LogP contribution in [0.1, 0.15) is 30.6 Å². The highest BCUT2D eigenvalue weighted by atomic mass is 19.1. The molecule has 2 atom stereocenters. The minimum atomic E-state index is -0.629. The fourth-order valence-electron chi connectivity index (χ4n) is 2.52. The van der Waals surface area contributed by atoms with Gasteiger partial charge in [0.2, 0.25) is 11.8 Å². The zero-order valence-electron chi connectivity index (χ0n) is 11.9. The van der Waals surface area contributed by atoms with Crippen LogP contribution in [0.4, 0.5) is 4.39 Å². The van der Waals surface area contributed by atoms with Gasteiger partial charge in [-0.1, -0.05) is 6.92 Å². The van der Waals surface area contributed by atoms with Crippen molar-refractivity contribution in [3.8, 4) is 0 Å². The summed E-state index contributed by atoms with van der Waals surface area (Å²) >= 11 is 0. The molecule has 1 heterocycles. The quantitative estimate of drug-likeness (QED) is 0.667. The Hall–Kier alpha value is -2.08. The molecule has 1 aromatic carbocycles. The van der Waals surface area contributed by atoms with Crippen LogP contribution >= 0.6 is 0 Å². The SMILES string of the molecule is CCC1C(=O)NC(=O)CN1C(C)C(=O)c1ccc(F)cc1. The van der Waals surface area contributed by atoms with Gasteiger partial charge in [-0.25, -0.2) is 4.39 Å². The Morgan fingerprint density at radius 2 is 2.00 bits per heavy atom. The maximum Gasteiger partial charge on any atom is 0.243 e. The molecule has 2 unspecified atom stereocenters. The molecule has 0 aromatic heterocycles. The van der Waals surface area contributed by atoms with Gasteiger partial charge in [-0.2, -0.15) is 0 Å². The molecule has 1 N–H and O–H groups in total. The van der Waals surface area contributed by atoms with Gasteiger partial charge in [-0.05, 0) is 37.6 Å². The highest BCUT2D eigenvalue weighted by Crippen LogP contribution is 2.17. The van der Waals surface area contributed by atoms with E-state index in [0.717, 1.165) is 0 Å². The molecular weight excluding hydrogens is 275 g/mol. The largest absolute Gasteiger partial charge is 0.294 e. The van der Waals surface area contributed by atoms with Crippen molar-refractivity contribution in [1.29, 1.82) is 0 Å². The third-order valence-electron chi connectivity index (χ3n) is 3.68. The first-order chi connectivity index (χ1) is 9.93. The van der Waals surface area contributed by atoms with Crippen LogP contribution in [0.25, 0.3) is 0 Å². The van der Waals surface area contributed by atoms with E-state index >= 15 is 0 Å². The van der Waals surface area contributed by atoms with Gasteiger partial charge in [-0.3, -0.25) is 24.6 Å². The van der Waals surface area contributed by atoms with Crippen LogP contribution in [0.2, 0.25) is 0 Å². The number of nitrogens with zero attached hydrogens (tertiary/aromatic N) is 1. The van der Waals surface area contributed by atoms with Crippen LogP contribution in [0.3, 0.4) is 0 Å². The standard InChI is InChI=1S/C15H17FN2O3/c1-3-12-15(21)17-13(19)8-18(12)9(2)14(20)10-4-6-11(16)7-5-10/h4-7,9,12H,3,8H2,1-2H3,(H,17,19,21). The Bertz CT molecular complexity index is 571. The van der Waals surface area contributed by atoms with Crippen LogP contribution in [0.5, 0.6) is 0 Å². The summed E-state index contributed by atoms with van der Waals surface area (Å²) < 4.78 is 12.9. The van der Waals surface area contributed by atoms with Gasteiger partial charge in [0.1, 0.15) is 5.82 Å². The number of ketones is 1. The van der Waals surface area contributed by atoms with Crippen molar-refractivity contribution < 1.29 is 18.8 Å². The first-order valence-electron chi connectivity index (χ1n) is 6.83. The summed E-state index contributed by atoms with van der Waals surface area (Å²) in [6.45, 7) is 3.47. The number of imide groups is 1. The van der Waals surface area contributed by atoms with E-state index in [-0.39, 0.29) is 18.2 Å². The molecule has 2 rings (SSSR count). The molecule has 0 saturated carbocycles. The normalized spacial score (nSPS) is 21.0. The second-order valence-electron chi connectivity index (χ2n) is 5.06. The third kappa shape index (κ3) is 3.16. The van der Waals surface area contributed by atoms with Crippen LogP contribution in [0.15, 0.2) is 24.3 Å². The molecule has 0 bridgehead atoms. The minimum Gasteiger partial charge on any atom is -0.294 e. The third-order valence-corrected chi connectivity index (χ3v) is 3.68. The Balaban J connectivity index is 2.22. The average molecular weight is 292 g/mol. The Kier molecular flexibility index (Phi) is 4.47. The number of hydrogen-bond acceptors (Lipinski definition) is 4. The number of benzene rings is 1. The zero-order valence-corrected chi connectivity index (χ0v) is 11.9. The maximum atomic E-state index is 12.9. The average Bonchev–Trinajstić information content (AvgIpc) is 2.46. The molecule has 0 aliphatic carbocycles. The highest BCUT2D eigenvalue weighted by Gasteiger charge is 2.37. The predicted molar refractivity (Wildman–Crippen MR) is 74.1 cm³/mol. The predicted octanol–water partition coefficient (Wildman–Crippen LogP) is 1.13. The second kappa shape index (κ2) is 6.13. The summed E-state index contributed by atoms with van der Waals surface area (Å²) in [5, 5.41) is 2.27. The molecule has 1 aliphatic heterocycles. The summed E-state index contributed by atoms with van der Waals surface area (Å²) in [6, 6.07) is 4.09. The van der Waals surface area contributed by atoms with Crippen molar-refractivity contribution in [2.45, 2.75) is 32.4 Å². The number of piperazine rings is 1. The van der Waals surface area contributed by atoms with Crippen LogP contribution < -0.4 is 5.32 Å². The van der Waals surface area contributed by atoms with Gasteiger partial charge in [0, 0.05) is 5.56 Å². The van der Waals surface area contributed by atoms with Crippen molar-refractivity contribution in [2.75, 3.05) is 6.54 Å². The number of nitrogens with one attached hydrogen (secondary N) is 1. The van der Waals surface area contributed by atoms with Crippen molar-refractivity contribution in [1.82, 2.24) is 10.2 Å². The van der Waals surface area contributed by atoms with E-state index in [1.165, 1.54) is 24.3 Å². The molecule has 1 aromatic rings. The van der Waals surface area contributed by atoms with Gasteiger partial charge < -0.3 is 0 Å². The fourth-order valence-corrected chi connectivity index (χ4v) is 2.52. The van der Waals surface area contributed by atoms with E-state index in [2.05, 4.69) is 5.32 Å². The molecule has 5 nitrogen and oxygen atoms in total. The second-order valence-corrected chi connectivity index (χ2v) is 5.06. The lowest BCUT2D eigenvalue weighted by Crippen LogP contribution is -2.61. The minimum absolute atomic E-state index is 0.00164. The Labute approximate surface area is 122 Å². The number of halogens is 1. The zero-order chi connectivity index (χ0) is 15.6. The Morgan fingerprint density at radius 3 is 2.57 bits per heavy atom. The van der Waals surface area contributed by atoms with E-state index in [9.17, 15) is 18.8 Å². The lowest BCUT2D eigenvalue weighted by Gasteiger charge is -2.36. The van der Waals surface area contributed by atoms with Crippen LogP contribution in [-0.4, -0.2) is 41.1 Å². The van der Waals surface area contributed by atoms with Crippen molar-refractivity contribution in [2.24, 2.45) is 0 Å². The van der Waals surface area contributed by atoms with E-state index in [1.807, 2.05) is 6.92 Å². The highest BCUT2D eigenvalue weighted by molar-refractivity contribution is 6.04. The summed E-state index contributed by atoms with van der Waals surface area (Å²) in [5.74, 6) is -1.45. The number of carbonyl (C=O) groups is 3. The molecule has 2 amide bonds. The number of Topliss-reactive ketones (excluding diaryl/α,β-unsaturated/α-hetero) is 1. The number of carbonyl (C=O) groups excluding carboxylic acids is 3. The summed E-state index contributed by atoms with van der Waals surface area (Å²) in [4.78, 5) is 37.4. The summed E-state index contributed by atoms with van der Waals surface area (Å²) in [5.41, 5.74) is 0.359. The lowest BCUT2D eigenvalue weighted by atomic mass is 10.00. The first-order valence-corrected chi connectivity index (χ1v) is 6.83. The molecule has 1 saturated heterocycles. The molecule has 1 fully saturated rings. The van der Waals surface area contributed by atoms with Gasteiger partial charge in [0.25, 0.3) is 0 Å². The summed E-state index contributed by atoms with van der Waals surface area (Å²) in [6.07, 6.45) is 0.500. The van der Waals surface area contributed by atoms with Crippen LogP contribution in [0, 0.1) is 5.82 Å². The molecular formula is C15H17FN2O3. The van der Waals surface area contributed by atoms with Gasteiger partial charge in [-0.15, -0.1) is 0 Å². The van der Waals surface area contributed by atoms with Gasteiger partial charge >= 0.3 is 0 Å². The maximum absolute atomic E-state index is 12.9. The number of amides is 2. The molecule has 0 spiro atoms. The van der Waals surface area contributed by atoms with Crippen molar-refractivity contribution >= 4 is 17.6 Å². The molecule has 112 valence electrons. The molecule has 1 aliphatic rings. The van der Waals surface area contributed by atoms with E-state index < -0.39 is 23.8 Å². The number of rotatable bonds is 4. The van der Waals surface area contributed by atoms with Crippen molar-refractivity contribution in [3.05, 3.63) is 35.6 Å². The number of hydrogen-bond donors (Lipinski definition) is 1. The fraction of sp³-hybridized carbons (Fsp3) is 0.400. The van der Waals surface area contributed by atoms with E-state index in [1.54, 1.807) is 11.8 Å². The van der Waals surface area contributed by atoms with Crippen molar-refractivity contribution in [3.63, 3.8) is 0 Å². The van der Waals surface area contributed by atoms with Gasteiger partial charge in [0.15, 0.2) is 5.78 Å². The van der Waals surface area contributed by atoms with Gasteiger partial charge in [0.05, 0.1) is 18.6 Å². The van der Waals surface area contributed by atoms with Crippen LogP contribution in [-0.2, 0) is 9.59 Å². The molecule has 6 heteroatoms. The Morgan fingerprint density at radius 1 is 1.38 bits per heavy atom. The van der Waals surface area contributed by atoms with E-state index in [4.69, 9.17) is 0 Å². The smallest absolute Gasteiger partial charge is 0.243 e.